The highest BCUT2D eigenvalue weighted by Gasteiger charge is 2.27. The van der Waals surface area contributed by atoms with Crippen molar-refractivity contribution in [1.29, 1.82) is 0 Å². The largest absolute Gasteiger partial charge is 0.444 e. The fourth-order valence-electron chi connectivity index (χ4n) is 2.55. The van der Waals surface area contributed by atoms with Gasteiger partial charge in [0.05, 0.1) is 0 Å². The fraction of sp³-hybridized carbons (Fsp3) is 0.625. The molecule has 1 fully saturated rings. The lowest BCUT2D eigenvalue weighted by molar-refractivity contribution is 0.0178. The van der Waals surface area contributed by atoms with Crippen LogP contribution < -0.4 is 5.56 Å². The minimum atomic E-state index is -0.461. The molecule has 0 aliphatic carbocycles. The first-order chi connectivity index (χ1) is 10.2. The van der Waals surface area contributed by atoms with Gasteiger partial charge in [-0.1, -0.05) is 0 Å². The zero-order valence-corrected chi connectivity index (χ0v) is 14.9. The summed E-state index contributed by atoms with van der Waals surface area (Å²) in [7, 11) is 0. The van der Waals surface area contributed by atoms with Crippen molar-refractivity contribution in [1.82, 2.24) is 9.47 Å². The lowest BCUT2D eigenvalue weighted by atomic mass is 9.97. The lowest BCUT2D eigenvalue weighted by Gasteiger charge is -2.33. The van der Waals surface area contributed by atoms with Crippen molar-refractivity contribution in [2.24, 2.45) is 5.92 Å². The second kappa shape index (κ2) is 6.86. The molecule has 1 aromatic rings. The zero-order valence-electron chi connectivity index (χ0n) is 13.3. The summed E-state index contributed by atoms with van der Waals surface area (Å²) in [4.78, 5) is 25.6. The standard InChI is InChI=1S/C16H23BrN2O3/c1-16(2,3)22-15(21)18-8-6-12(7-9-18)10-19-11-13(17)4-5-14(19)20/h4-5,11-12H,6-10H2,1-3H3. The molecule has 0 N–H and O–H groups in total. The van der Waals surface area contributed by atoms with Gasteiger partial charge in [-0.15, -0.1) is 0 Å². The number of hydrogen-bond donors (Lipinski definition) is 0. The normalized spacial score (nSPS) is 16.6. The Labute approximate surface area is 139 Å². The molecule has 0 unspecified atom stereocenters. The van der Waals surface area contributed by atoms with Crippen LogP contribution in [0, 0.1) is 5.92 Å². The summed E-state index contributed by atoms with van der Waals surface area (Å²) in [6.45, 7) is 7.68. The molecule has 2 rings (SSSR count). The van der Waals surface area contributed by atoms with Gasteiger partial charge in [0.1, 0.15) is 5.60 Å². The molecule has 22 heavy (non-hydrogen) atoms. The number of piperidine rings is 1. The van der Waals surface area contributed by atoms with E-state index >= 15 is 0 Å². The van der Waals surface area contributed by atoms with Crippen LogP contribution in [0.1, 0.15) is 33.6 Å². The van der Waals surface area contributed by atoms with Crippen molar-refractivity contribution in [3.05, 3.63) is 33.2 Å². The number of likely N-dealkylation sites (tertiary alicyclic amines) is 1. The molecule has 1 aliphatic heterocycles. The number of ether oxygens (including phenoxy) is 1. The maximum Gasteiger partial charge on any atom is 0.410 e. The first-order valence-electron chi connectivity index (χ1n) is 7.58. The molecular weight excluding hydrogens is 348 g/mol. The average Bonchev–Trinajstić information content (AvgIpc) is 2.42. The van der Waals surface area contributed by atoms with Crippen LogP contribution in [0.2, 0.25) is 0 Å². The molecule has 6 heteroatoms. The van der Waals surface area contributed by atoms with Gasteiger partial charge in [-0.3, -0.25) is 4.79 Å². The molecule has 1 saturated heterocycles. The number of hydrogen-bond acceptors (Lipinski definition) is 3. The third-order valence-corrected chi connectivity index (χ3v) is 4.14. The minimum Gasteiger partial charge on any atom is -0.444 e. The van der Waals surface area contributed by atoms with Crippen LogP contribution in [0.15, 0.2) is 27.6 Å². The number of aromatic nitrogens is 1. The highest BCUT2D eigenvalue weighted by atomic mass is 79.9. The number of carbonyl (C=O) groups is 1. The second-order valence-electron chi connectivity index (χ2n) is 6.75. The summed E-state index contributed by atoms with van der Waals surface area (Å²) in [5.74, 6) is 0.408. The Morgan fingerprint density at radius 3 is 2.55 bits per heavy atom. The van der Waals surface area contributed by atoms with Crippen molar-refractivity contribution in [2.45, 2.75) is 45.8 Å². The molecule has 1 aliphatic rings. The Morgan fingerprint density at radius 1 is 1.32 bits per heavy atom. The van der Waals surface area contributed by atoms with E-state index in [1.54, 1.807) is 21.6 Å². The number of rotatable bonds is 2. The Bertz CT molecular complexity index is 584. The van der Waals surface area contributed by atoms with Crippen LogP contribution in [0.4, 0.5) is 4.79 Å². The summed E-state index contributed by atoms with van der Waals surface area (Å²) < 4.78 is 8.03. The van der Waals surface area contributed by atoms with Gasteiger partial charge in [0.25, 0.3) is 5.56 Å². The summed E-state index contributed by atoms with van der Waals surface area (Å²) in [6.07, 6.45) is 3.35. The quantitative estimate of drug-likeness (QED) is 0.802. The zero-order chi connectivity index (χ0) is 16.3. The van der Waals surface area contributed by atoms with Crippen LogP contribution in [0.3, 0.4) is 0 Å². The molecule has 1 aromatic heterocycles. The SMILES string of the molecule is CC(C)(C)OC(=O)N1CCC(Cn2cc(Br)ccc2=O)CC1. The van der Waals surface area contributed by atoms with Gasteiger partial charge in [0, 0.05) is 36.4 Å². The van der Waals surface area contributed by atoms with Gasteiger partial charge in [-0.05, 0) is 61.5 Å². The number of carbonyl (C=O) groups excluding carboxylic acids is 1. The van der Waals surface area contributed by atoms with E-state index in [4.69, 9.17) is 4.74 Å². The Morgan fingerprint density at radius 2 is 1.95 bits per heavy atom. The fourth-order valence-corrected chi connectivity index (χ4v) is 2.93. The maximum absolute atomic E-state index is 12.0. The Kier molecular flexibility index (Phi) is 5.32. The predicted molar refractivity (Wildman–Crippen MR) is 88.9 cm³/mol. The van der Waals surface area contributed by atoms with E-state index in [-0.39, 0.29) is 11.7 Å². The molecule has 0 radical (unpaired) electrons. The monoisotopic (exact) mass is 370 g/mol. The third kappa shape index (κ3) is 4.87. The highest BCUT2D eigenvalue weighted by Crippen LogP contribution is 2.21. The molecule has 2 heterocycles. The minimum absolute atomic E-state index is 0.0118. The van der Waals surface area contributed by atoms with Gasteiger partial charge < -0.3 is 14.2 Å². The van der Waals surface area contributed by atoms with Crippen molar-refractivity contribution < 1.29 is 9.53 Å². The topological polar surface area (TPSA) is 51.5 Å². The molecule has 0 aromatic carbocycles. The van der Waals surface area contributed by atoms with Crippen LogP contribution in [0.25, 0.3) is 0 Å². The summed E-state index contributed by atoms with van der Waals surface area (Å²) in [5, 5.41) is 0. The Hall–Kier alpha value is -1.30. The molecular formula is C16H23BrN2O3. The molecule has 122 valence electrons. The summed E-state index contributed by atoms with van der Waals surface area (Å²) in [5.41, 5.74) is -0.449. The number of halogens is 1. The summed E-state index contributed by atoms with van der Waals surface area (Å²) in [6, 6.07) is 3.32. The van der Waals surface area contributed by atoms with E-state index in [0.717, 1.165) is 17.3 Å². The molecule has 1 amide bonds. The Balaban J connectivity index is 1.88. The van der Waals surface area contributed by atoms with Crippen molar-refractivity contribution in [2.75, 3.05) is 13.1 Å². The van der Waals surface area contributed by atoms with E-state index in [9.17, 15) is 9.59 Å². The number of nitrogens with zero attached hydrogens (tertiary/aromatic N) is 2. The smallest absolute Gasteiger partial charge is 0.410 e. The van der Waals surface area contributed by atoms with Crippen molar-refractivity contribution in [3.63, 3.8) is 0 Å². The van der Waals surface area contributed by atoms with Gasteiger partial charge in [0.15, 0.2) is 0 Å². The van der Waals surface area contributed by atoms with Crippen LogP contribution in [0.5, 0.6) is 0 Å². The van der Waals surface area contributed by atoms with E-state index in [1.807, 2.05) is 27.0 Å². The number of amides is 1. The highest BCUT2D eigenvalue weighted by molar-refractivity contribution is 9.10. The van der Waals surface area contributed by atoms with E-state index < -0.39 is 5.60 Å². The first kappa shape index (κ1) is 17.1. The van der Waals surface area contributed by atoms with Crippen molar-refractivity contribution >= 4 is 22.0 Å². The molecule has 0 saturated carbocycles. The first-order valence-corrected chi connectivity index (χ1v) is 8.38. The van der Waals surface area contributed by atoms with Gasteiger partial charge >= 0.3 is 6.09 Å². The average molecular weight is 371 g/mol. The van der Waals surface area contributed by atoms with E-state index in [1.165, 1.54) is 0 Å². The van der Waals surface area contributed by atoms with Gasteiger partial charge in [-0.25, -0.2) is 4.79 Å². The maximum atomic E-state index is 12.0. The molecule has 0 spiro atoms. The van der Waals surface area contributed by atoms with Crippen LogP contribution >= 0.6 is 15.9 Å². The van der Waals surface area contributed by atoms with Gasteiger partial charge in [0.2, 0.25) is 0 Å². The molecule has 5 nitrogen and oxygen atoms in total. The summed E-state index contributed by atoms with van der Waals surface area (Å²) >= 11 is 3.39. The third-order valence-electron chi connectivity index (χ3n) is 3.67. The van der Waals surface area contributed by atoms with Crippen LogP contribution in [-0.2, 0) is 11.3 Å². The second-order valence-corrected chi connectivity index (χ2v) is 7.66. The van der Waals surface area contributed by atoms with Gasteiger partial charge in [-0.2, -0.15) is 0 Å². The number of pyridine rings is 1. The van der Waals surface area contributed by atoms with Crippen LogP contribution in [-0.4, -0.2) is 34.3 Å². The van der Waals surface area contributed by atoms with E-state index in [0.29, 0.717) is 25.6 Å². The molecule has 0 atom stereocenters. The lowest BCUT2D eigenvalue weighted by Crippen LogP contribution is -2.42. The van der Waals surface area contributed by atoms with Crippen molar-refractivity contribution in [3.8, 4) is 0 Å². The predicted octanol–water partition coefficient (Wildman–Crippen LogP) is 3.26. The molecule has 0 bridgehead atoms. The van der Waals surface area contributed by atoms with E-state index in [2.05, 4.69) is 15.9 Å².